The van der Waals surface area contributed by atoms with E-state index in [1.807, 2.05) is 6.08 Å². The van der Waals surface area contributed by atoms with E-state index in [0.29, 0.717) is 0 Å². The molecule has 2 rings (SSSR count). The third-order valence-corrected chi connectivity index (χ3v) is 2.62. The van der Waals surface area contributed by atoms with E-state index in [1.54, 1.807) is 0 Å². The van der Waals surface area contributed by atoms with E-state index >= 15 is 0 Å². The zero-order valence-corrected chi connectivity index (χ0v) is 8.46. The normalized spacial score (nSPS) is 10.4. The van der Waals surface area contributed by atoms with Crippen molar-refractivity contribution in [3.05, 3.63) is 60.2 Å². The standard InChI is InChI=1S/C14H14/c1-3-6-13-11(2)9-10-12-7-4-5-8-14(12)13/h3-5,7-10H,1,6H2,2H3. The van der Waals surface area contributed by atoms with Crippen molar-refractivity contribution in [2.75, 3.05) is 0 Å². The molecule has 0 saturated heterocycles. The maximum atomic E-state index is 3.80. The Balaban J connectivity index is 2.75. The SMILES string of the molecule is C=CCc1c(C)ccc2ccccc12. The van der Waals surface area contributed by atoms with Crippen molar-refractivity contribution in [1.82, 2.24) is 0 Å². The van der Waals surface area contributed by atoms with Crippen molar-refractivity contribution >= 4 is 10.8 Å². The summed E-state index contributed by atoms with van der Waals surface area (Å²) in [5, 5.41) is 2.67. The van der Waals surface area contributed by atoms with Crippen molar-refractivity contribution in [2.45, 2.75) is 13.3 Å². The van der Waals surface area contributed by atoms with Crippen LogP contribution in [-0.2, 0) is 6.42 Å². The van der Waals surface area contributed by atoms with Gasteiger partial charge in [0.05, 0.1) is 0 Å². The summed E-state index contributed by atoms with van der Waals surface area (Å²) in [4.78, 5) is 0. The molecular weight excluding hydrogens is 168 g/mol. The monoisotopic (exact) mass is 182 g/mol. The molecule has 0 aromatic heterocycles. The summed E-state index contributed by atoms with van der Waals surface area (Å²) in [5.74, 6) is 0. The van der Waals surface area contributed by atoms with Gasteiger partial charge in [-0.25, -0.2) is 0 Å². The van der Waals surface area contributed by atoms with Gasteiger partial charge in [-0.3, -0.25) is 0 Å². The Labute approximate surface area is 84.9 Å². The third kappa shape index (κ3) is 1.44. The van der Waals surface area contributed by atoms with Gasteiger partial charge in [0.1, 0.15) is 0 Å². The summed E-state index contributed by atoms with van der Waals surface area (Å²) in [5.41, 5.74) is 2.75. The van der Waals surface area contributed by atoms with E-state index in [4.69, 9.17) is 0 Å². The van der Waals surface area contributed by atoms with Gasteiger partial charge in [0, 0.05) is 0 Å². The number of hydrogen-bond donors (Lipinski definition) is 0. The fourth-order valence-corrected chi connectivity index (χ4v) is 1.86. The maximum absolute atomic E-state index is 3.80. The molecule has 0 saturated carbocycles. The Morgan fingerprint density at radius 1 is 1.14 bits per heavy atom. The Morgan fingerprint density at radius 2 is 1.93 bits per heavy atom. The number of fused-ring (bicyclic) bond motifs is 1. The predicted octanol–water partition coefficient (Wildman–Crippen LogP) is 3.88. The molecule has 0 aliphatic carbocycles. The summed E-state index contributed by atoms with van der Waals surface area (Å²) in [6.45, 7) is 5.96. The molecule has 0 atom stereocenters. The van der Waals surface area contributed by atoms with Gasteiger partial charge in [-0.05, 0) is 35.2 Å². The Bertz CT molecular complexity index is 466. The summed E-state index contributed by atoms with van der Waals surface area (Å²) >= 11 is 0. The molecule has 2 aromatic carbocycles. The summed E-state index contributed by atoms with van der Waals surface area (Å²) in [7, 11) is 0. The molecule has 70 valence electrons. The van der Waals surface area contributed by atoms with Gasteiger partial charge in [-0.15, -0.1) is 6.58 Å². The molecule has 0 N–H and O–H groups in total. The molecule has 0 amide bonds. The lowest BCUT2D eigenvalue weighted by atomic mass is 9.97. The molecule has 0 heteroatoms. The van der Waals surface area contributed by atoms with Crippen LogP contribution >= 0.6 is 0 Å². The lowest BCUT2D eigenvalue weighted by Gasteiger charge is -2.07. The molecule has 0 heterocycles. The van der Waals surface area contributed by atoms with Gasteiger partial charge in [-0.2, -0.15) is 0 Å². The average Bonchev–Trinajstić information content (AvgIpc) is 2.23. The van der Waals surface area contributed by atoms with Gasteiger partial charge in [0.2, 0.25) is 0 Å². The molecule has 0 bridgehead atoms. The molecule has 0 radical (unpaired) electrons. The maximum Gasteiger partial charge on any atom is -0.00913 e. The Kier molecular flexibility index (Phi) is 2.36. The zero-order valence-electron chi connectivity index (χ0n) is 8.46. The van der Waals surface area contributed by atoms with Gasteiger partial charge in [0.25, 0.3) is 0 Å². The van der Waals surface area contributed by atoms with Crippen molar-refractivity contribution in [1.29, 1.82) is 0 Å². The zero-order chi connectivity index (χ0) is 9.97. The average molecular weight is 182 g/mol. The van der Waals surface area contributed by atoms with Crippen molar-refractivity contribution < 1.29 is 0 Å². The predicted molar refractivity (Wildman–Crippen MR) is 62.6 cm³/mol. The van der Waals surface area contributed by atoms with Crippen molar-refractivity contribution in [2.24, 2.45) is 0 Å². The summed E-state index contributed by atoms with van der Waals surface area (Å²) in [6, 6.07) is 12.9. The minimum atomic E-state index is 0.952. The molecular formula is C14H14. The third-order valence-electron chi connectivity index (χ3n) is 2.62. The Morgan fingerprint density at radius 3 is 2.71 bits per heavy atom. The molecule has 0 aliphatic heterocycles. The van der Waals surface area contributed by atoms with E-state index in [9.17, 15) is 0 Å². The van der Waals surface area contributed by atoms with Crippen LogP contribution in [0, 0.1) is 6.92 Å². The van der Waals surface area contributed by atoms with Crippen molar-refractivity contribution in [3.8, 4) is 0 Å². The van der Waals surface area contributed by atoms with E-state index in [0.717, 1.165) is 6.42 Å². The van der Waals surface area contributed by atoms with Gasteiger partial charge >= 0.3 is 0 Å². The first-order valence-corrected chi connectivity index (χ1v) is 4.91. The second-order valence-corrected chi connectivity index (χ2v) is 3.57. The number of hydrogen-bond acceptors (Lipinski definition) is 0. The van der Waals surface area contributed by atoms with Gasteiger partial charge in [-0.1, -0.05) is 42.5 Å². The number of benzene rings is 2. The summed E-state index contributed by atoms with van der Waals surface area (Å²) < 4.78 is 0. The van der Waals surface area contributed by atoms with Crippen molar-refractivity contribution in [3.63, 3.8) is 0 Å². The topological polar surface area (TPSA) is 0 Å². The van der Waals surface area contributed by atoms with Crippen LogP contribution in [0.25, 0.3) is 10.8 Å². The summed E-state index contributed by atoms with van der Waals surface area (Å²) in [6.07, 6.45) is 2.92. The molecule has 0 aliphatic rings. The van der Waals surface area contributed by atoms with Crippen LogP contribution in [0.2, 0.25) is 0 Å². The largest absolute Gasteiger partial charge is 0.103 e. The second kappa shape index (κ2) is 3.67. The lowest BCUT2D eigenvalue weighted by Crippen LogP contribution is -1.88. The smallest absolute Gasteiger partial charge is 0.00913 e. The van der Waals surface area contributed by atoms with Crippen LogP contribution in [-0.4, -0.2) is 0 Å². The van der Waals surface area contributed by atoms with Crippen LogP contribution in [0.3, 0.4) is 0 Å². The highest BCUT2D eigenvalue weighted by Gasteiger charge is 2.01. The van der Waals surface area contributed by atoms with E-state index in [2.05, 4.69) is 49.9 Å². The fraction of sp³-hybridized carbons (Fsp3) is 0.143. The molecule has 0 spiro atoms. The molecule has 2 aromatic rings. The van der Waals surface area contributed by atoms with Crippen LogP contribution in [0.4, 0.5) is 0 Å². The minimum absolute atomic E-state index is 0.952. The minimum Gasteiger partial charge on any atom is -0.103 e. The first-order valence-electron chi connectivity index (χ1n) is 4.91. The van der Waals surface area contributed by atoms with Crippen LogP contribution in [0.1, 0.15) is 11.1 Å². The first-order chi connectivity index (χ1) is 6.83. The first kappa shape index (κ1) is 9.01. The number of allylic oxidation sites excluding steroid dienone is 1. The van der Waals surface area contributed by atoms with E-state index in [1.165, 1.54) is 21.9 Å². The Hall–Kier alpha value is -1.56. The number of aryl methyl sites for hydroxylation is 1. The lowest BCUT2D eigenvalue weighted by molar-refractivity contribution is 1.25. The second-order valence-electron chi connectivity index (χ2n) is 3.57. The highest BCUT2D eigenvalue weighted by Crippen LogP contribution is 2.22. The number of rotatable bonds is 2. The quantitative estimate of drug-likeness (QED) is 0.618. The van der Waals surface area contributed by atoms with Crippen LogP contribution < -0.4 is 0 Å². The molecule has 0 fully saturated rings. The molecule has 14 heavy (non-hydrogen) atoms. The molecule has 0 nitrogen and oxygen atoms in total. The van der Waals surface area contributed by atoms with Gasteiger partial charge in [0.15, 0.2) is 0 Å². The van der Waals surface area contributed by atoms with Crippen LogP contribution in [0.15, 0.2) is 49.1 Å². The van der Waals surface area contributed by atoms with E-state index < -0.39 is 0 Å². The highest BCUT2D eigenvalue weighted by molar-refractivity contribution is 5.86. The fourth-order valence-electron chi connectivity index (χ4n) is 1.86. The highest BCUT2D eigenvalue weighted by atomic mass is 14.1. The van der Waals surface area contributed by atoms with Crippen LogP contribution in [0.5, 0.6) is 0 Å². The van der Waals surface area contributed by atoms with Gasteiger partial charge < -0.3 is 0 Å². The molecule has 0 unspecified atom stereocenters. The van der Waals surface area contributed by atoms with E-state index in [-0.39, 0.29) is 0 Å².